The van der Waals surface area contributed by atoms with E-state index in [1.54, 1.807) is 48.5 Å². The van der Waals surface area contributed by atoms with Gasteiger partial charge in [-0.1, -0.05) is 23.2 Å². The van der Waals surface area contributed by atoms with Crippen molar-refractivity contribution in [2.45, 2.75) is 0 Å². The Morgan fingerprint density at radius 3 is 1.17 bits per heavy atom. The number of hydrogen-bond donors (Lipinski definition) is 2. The highest BCUT2D eigenvalue weighted by Gasteiger charge is 2.08. The van der Waals surface area contributed by atoms with E-state index in [0.29, 0.717) is 21.2 Å². The van der Waals surface area contributed by atoms with E-state index in [1.807, 2.05) is 0 Å². The van der Waals surface area contributed by atoms with Crippen LogP contribution in [-0.2, 0) is 0 Å². The first kappa shape index (κ1) is 17.9. The van der Waals surface area contributed by atoms with E-state index in [0.717, 1.165) is 0 Å². The molecule has 0 fully saturated rings. The molecule has 122 valence electrons. The highest BCUT2D eigenvalue weighted by molar-refractivity contribution is 6.31. The highest BCUT2D eigenvalue weighted by atomic mass is 35.5. The van der Waals surface area contributed by atoms with Crippen molar-refractivity contribution in [3.05, 3.63) is 94.0 Å². The lowest BCUT2D eigenvalue weighted by Crippen LogP contribution is -2.00. The van der Waals surface area contributed by atoms with Crippen LogP contribution >= 0.6 is 23.2 Å². The SMILES string of the molecule is O=C(c1ccc(Cl)cc1)c1ccc(Cl)cc1.Oc1ccc(O)cc1. The van der Waals surface area contributed by atoms with Crippen LogP contribution in [0.15, 0.2) is 72.8 Å². The van der Waals surface area contributed by atoms with E-state index in [1.165, 1.54) is 24.3 Å². The summed E-state index contributed by atoms with van der Waals surface area (Å²) in [5, 5.41) is 18.5. The molecule has 3 nitrogen and oxygen atoms in total. The van der Waals surface area contributed by atoms with Gasteiger partial charge in [0.25, 0.3) is 0 Å². The summed E-state index contributed by atoms with van der Waals surface area (Å²) < 4.78 is 0. The first-order chi connectivity index (χ1) is 11.5. The van der Waals surface area contributed by atoms with E-state index in [-0.39, 0.29) is 17.3 Å². The van der Waals surface area contributed by atoms with Crippen LogP contribution in [0.4, 0.5) is 0 Å². The van der Waals surface area contributed by atoms with Crippen LogP contribution in [0.5, 0.6) is 11.5 Å². The normalized spacial score (nSPS) is 9.75. The molecule has 0 atom stereocenters. The van der Waals surface area contributed by atoms with Gasteiger partial charge in [-0.05, 0) is 72.8 Å². The summed E-state index contributed by atoms with van der Waals surface area (Å²) in [7, 11) is 0. The molecular weight excluding hydrogens is 347 g/mol. The molecule has 0 amide bonds. The van der Waals surface area contributed by atoms with E-state index < -0.39 is 0 Å². The predicted octanol–water partition coefficient (Wildman–Crippen LogP) is 5.32. The number of phenolic OH excluding ortho intramolecular Hbond substituents is 2. The minimum Gasteiger partial charge on any atom is -0.508 e. The smallest absolute Gasteiger partial charge is 0.193 e. The fourth-order valence-corrected chi connectivity index (χ4v) is 2.07. The monoisotopic (exact) mass is 360 g/mol. The average Bonchev–Trinajstić information content (AvgIpc) is 2.59. The summed E-state index contributed by atoms with van der Waals surface area (Å²) in [6.45, 7) is 0. The zero-order valence-electron chi connectivity index (χ0n) is 12.5. The summed E-state index contributed by atoms with van der Waals surface area (Å²) >= 11 is 11.5. The molecule has 0 aromatic heterocycles. The van der Waals surface area contributed by atoms with Gasteiger partial charge in [-0.3, -0.25) is 4.79 Å². The first-order valence-electron chi connectivity index (χ1n) is 6.99. The molecule has 0 aliphatic rings. The fourth-order valence-electron chi connectivity index (χ4n) is 1.82. The van der Waals surface area contributed by atoms with Crippen LogP contribution in [-0.4, -0.2) is 16.0 Å². The number of rotatable bonds is 2. The van der Waals surface area contributed by atoms with Gasteiger partial charge in [0.15, 0.2) is 5.78 Å². The van der Waals surface area contributed by atoms with E-state index in [4.69, 9.17) is 33.4 Å². The predicted molar refractivity (Wildman–Crippen MR) is 96.1 cm³/mol. The van der Waals surface area contributed by atoms with Crippen molar-refractivity contribution in [2.75, 3.05) is 0 Å². The molecule has 0 heterocycles. The summed E-state index contributed by atoms with van der Waals surface area (Å²) in [5.74, 6) is 0.305. The van der Waals surface area contributed by atoms with E-state index in [2.05, 4.69) is 0 Å². The second-order valence-electron chi connectivity index (χ2n) is 4.86. The van der Waals surface area contributed by atoms with Gasteiger partial charge in [0.2, 0.25) is 0 Å². The van der Waals surface area contributed by atoms with Crippen LogP contribution in [0.1, 0.15) is 15.9 Å². The lowest BCUT2D eigenvalue weighted by molar-refractivity contribution is 0.103. The second kappa shape index (κ2) is 8.39. The molecule has 3 aromatic rings. The summed E-state index contributed by atoms with van der Waals surface area (Å²) in [6.07, 6.45) is 0. The molecular formula is C19H14Cl2O3. The Morgan fingerprint density at radius 2 is 0.875 bits per heavy atom. The van der Waals surface area contributed by atoms with Crippen molar-refractivity contribution >= 4 is 29.0 Å². The number of halogens is 2. The Hall–Kier alpha value is -2.49. The fraction of sp³-hybridized carbons (Fsp3) is 0. The molecule has 5 heteroatoms. The number of aromatic hydroxyl groups is 2. The Labute approximate surface area is 149 Å². The maximum Gasteiger partial charge on any atom is 0.193 e. The first-order valence-corrected chi connectivity index (χ1v) is 7.75. The lowest BCUT2D eigenvalue weighted by Gasteiger charge is -2.01. The minimum atomic E-state index is -0.0340. The Balaban J connectivity index is 0.000000219. The molecule has 0 aliphatic carbocycles. The summed E-state index contributed by atoms with van der Waals surface area (Å²) in [4.78, 5) is 12.0. The van der Waals surface area contributed by atoms with Crippen molar-refractivity contribution in [3.8, 4) is 11.5 Å². The number of ketones is 1. The van der Waals surface area contributed by atoms with Crippen LogP contribution in [0, 0.1) is 0 Å². The van der Waals surface area contributed by atoms with Crippen molar-refractivity contribution in [3.63, 3.8) is 0 Å². The van der Waals surface area contributed by atoms with Gasteiger partial charge in [0.1, 0.15) is 11.5 Å². The largest absolute Gasteiger partial charge is 0.508 e. The minimum absolute atomic E-state index is 0.0340. The number of phenols is 2. The van der Waals surface area contributed by atoms with Crippen LogP contribution in [0.2, 0.25) is 10.0 Å². The van der Waals surface area contributed by atoms with Crippen molar-refractivity contribution in [2.24, 2.45) is 0 Å². The van der Waals surface area contributed by atoms with Gasteiger partial charge < -0.3 is 10.2 Å². The molecule has 0 saturated carbocycles. The van der Waals surface area contributed by atoms with Gasteiger partial charge in [-0.2, -0.15) is 0 Å². The average molecular weight is 361 g/mol. The van der Waals surface area contributed by atoms with Gasteiger partial charge in [0.05, 0.1) is 0 Å². The number of benzene rings is 3. The molecule has 0 bridgehead atoms. The molecule has 2 N–H and O–H groups in total. The number of carbonyl (C=O) groups is 1. The standard InChI is InChI=1S/C13H8Cl2O.C6H6O2/c14-11-5-1-9(2-6-11)13(16)10-3-7-12(15)8-4-10;7-5-1-2-6(8)4-3-5/h1-8H;1-4,7-8H. The highest BCUT2D eigenvalue weighted by Crippen LogP contribution is 2.16. The van der Waals surface area contributed by atoms with E-state index in [9.17, 15) is 4.79 Å². The van der Waals surface area contributed by atoms with Gasteiger partial charge in [-0.25, -0.2) is 0 Å². The molecule has 0 aliphatic heterocycles. The van der Waals surface area contributed by atoms with E-state index >= 15 is 0 Å². The van der Waals surface area contributed by atoms with Gasteiger partial charge >= 0.3 is 0 Å². The molecule has 0 saturated heterocycles. The molecule has 3 aromatic carbocycles. The third kappa shape index (κ3) is 5.30. The lowest BCUT2D eigenvalue weighted by atomic mass is 10.0. The molecule has 24 heavy (non-hydrogen) atoms. The quantitative estimate of drug-likeness (QED) is 0.480. The molecule has 0 unspecified atom stereocenters. The topological polar surface area (TPSA) is 57.5 Å². The summed E-state index contributed by atoms with van der Waals surface area (Å²) in [5.41, 5.74) is 1.23. The van der Waals surface area contributed by atoms with Crippen molar-refractivity contribution < 1.29 is 15.0 Å². The zero-order valence-corrected chi connectivity index (χ0v) is 14.0. The van der Waals surface area contributed by atoms with Gasteiger partial charge in [0, 0.05) is 21.2 Å². The Bertz CT molecular complexity index is 727. The van der Waals surface area contributed by atoms with Crippen LogP contribution in [0.25, 0.3) is 0 Å². The molecule has 3 rings (SSSR count). The molecule has 0 radical (unpaired) electrons. The van der Waals surface area contributed by atoms with Gasteiger partial charge in [-0.15, -0.1) is 0 Å². The second-order valence-corrected chi connectivity index (χ2v) is 5.73. The maximum absolute atomic E-state index is 12.0. The Morgan fingerprint density at radius 1 is 0.583 bits per heavy atom. The third-order valence-corrected chi connectivity index (χ3v) is 3.57. The molecule has 0 spiro atoms. The van der Waals surface area contributed by atoms with Crippen LogP contribution in [0.3, 0.4) is 0 Å². The number of hydrogen-bond acceptors (Lipinski definition) is 3. The number of carbonyl (C=O) groups excluding carboxylic acids is 1. The maximum atomic E-state index is 12.0. The zero-order chi connectivity index (χ0) is 17.5. The van der Waals surface area contributed by atoms with Crippen LogP contribution < -0.4 is 0 Å². The summed E-state index contributed by atoms with van der Waals surface area (Å²) in [6, 6.07) is 19.3. The Kier molecular flexibility index (Phi) is 6.24. The third-order valence-electron chi connectivity index (χ3n) is 3.06. The van der Waals surface area contributed by atoms with Crippen molar-refractivity contribution in [1.82, 2.24) is 0 Å². The van der Waals surface area contributed by atoms with Crippen molar-refractivity contribution in [1.29, 1.82) is 0 Å².